The third-order valence-corrected chi connectivity index (χ3v) is 6.29. The van der Waals surface area contributed by atoms with E-state index in [9.17, 15) is 9.90 Å². The summed E-state index contributed by atoms with van der Waals surface area (Å²) in [5, 5.41) is 20.7. The number of halogens is 1. The monoisotopic (exact) mass is 439 g/mol. The van der Waals surface area contributed by atoms with E-state index in [1.54, 1.807) is 13.8 Å². The molecule has 1 saturated carbocycles. The average Bonchev–Trinajstić information content (AvgIpc) is 3.39. The number of rotatable bonds is 5. The minimum atomic E-state index is -1.01. The van der Waals surface area contributed by atoms with E-state index in [2.05, 4.69) is 56.5 Å². The van der Waals surface area contributed by atoms with Crippen molar-refractivity contribution < 1.29 is 30.2 Å². The molecule has 1 aliphatic rings. The van der Waals surface area contributed by atoms with Crippen LogP contribution in [0.25, 0.3) is 16.5 Å². The molecule has 0 amide bonds. The fraction of sp³-hybridized carbons (Fsp3) is 0.316. The smallest absolute Gasteiger partial charge is 1.00 e. The Hall–Kier alpha value is -1.26. The van der Waals surface area contributed by atoms with Crippen LogP contribution in [-0.4, -0.2) is 30.6 Å². The van der Waals surface area contributed by atoms with Crippen molar-refractivity contribution in [2.24, 2.45) is 0 Å². The number of aliphatic carboxylic acids is 1. The van der Waals surface area contributed by atoms with Crippen LogP contribution < -0.4 is 18.9 Å². The number of hydrogen-bond acceptors (Lipinski definition) is 4. The molecule has 4 rings (SSSR count). The van der Waals surface area contributed by atoms with Crippen LogP contribution in [0, 0.1) is 0 Å². The Balaban J connectivity index is 0.00000140. The van der Waals surface area contributed by atoms with Crippen molar-refractivity contribution in [3.63, 3.8) is 0 Å². The van der Waals surface area contributed by atoms with Crippen LogP contribution in [0.2, 0.25) is 0 Å². The first-order valence-electron chi connectivity index (χ1n) is 8.44. The Kier molecular flexibility index (Phi) is 5.79. The van der Waals surface area contributed by atoms with E-state index in [0.717, 1.165) is 11.1 Å². The van der Waals surface area contributed by atoms with Gasteiger partial charge in [0.25, 0.3) is 0 Å². The van der Waals surface area contributed by atoms with E-state index in [4.69, 9.17) is 0 Å². The average molecular weight is 440 g/mol. The number of hydrogen-bond donors (Lipinski definition) is 1. The van der Waals surface area contributed by atoms with Gasteiger partial charge in [-0.05, 0) is 65.6 Å². The summed E-state index contributed by atoms with van der Waals surface area (Å²) in [6.45, 7) is 3.34. The Labute approximate surface area is 183 Å². The van der Waals surface area contributed by atoms with Crippen LogP contribution in [0.5, 0.6) is 0 Å². The maximum atomic E-state index is 11.5. The molecule has 8 heteroatoms. The van der Waals surface area contributed by atoms with Crippen molar-refractivity contribution in [3.05, 3.63) is 46.7 Å². The van der Waals surface area contributed by atoms with Crippen LogP contribution in [0.15, 0.2) is 46.3 Å². The molecule has 136 valence electrons. The predicted octanol–water partition coefficient (Wildman–Crippen LogP) is 2.13. The Morgan fingerprint density at radius 1 is 1.22 bits per heavy atom. The van der Waals surface area contributed by atoms with Gasteiger partial charge in [-0.2, -0.15) is 0 Å². The maximum Gasteiger partial charge on any atom is 1.00 e. The predicted molar refractivity (Wildman–Crippen MR) is 107 cm³/mol. The number of carbonyl (C=O) groups is 1. The molecule has 2 aromatic carbocycles. The van der Waals surface area contributed by atoms with Gasteiger partial charge in [-0.3, -0.25) is 9.36 Å². The molecule has 0 spiro atoms. The standard InChI is InChI=1S/C19H18BrN3O2S.Li.H/c1-19(2,16(24)25)26-18-22-21-17(20)23(18)15-10-9-12(11-7-8-11)13-5-3-4-6-14(13)15;;/h3-6,9-11H,7-8H2,1-2H3,(H,24,25);;/q;+1;-1. The van der Waals surface area contributed by atoms with Gasteiger partial charge >= 0.3 is 24.8 Å². The first-order chi connectivity index (χ1) is 12.4. The molecule has 27 heavy (non-hydrogen) atoms. The largest absolute Gasteiger partial charge is 1.00 e. The van der Waals surface area contributed by atoms with Gasteiger partial charge in [-0.25, -0.2) is 0 Å². The molecule has 5 nitrogen and oxygen atoms in total. The van der Waals surface area contributed by atoms with Crippen molar-refractivity contribution in [2.75, 3.05) is 0 Å². The fourth-order valence-corrected chi connectivity index (χ4v) is 4.50. The topological polar surface area (TPSA) is 68.0 Å². The van der Waals surface area contributed by atoms with E-state index < -0.39 is 10.7 Å². The minimum absolute atomic E-state index is 0. The summed E-state index contributed by atoms with van der Waals surface area (Å²) >= 11 is 4.66. The zero-order valence-corrected chi connectivity index (χ0v) is 17.8. The number of nitrogens with zero attached hydrogens (tertiary/aromatic N) is 3. The molecule has 0 radical (unpaired) electrons. The number of carboxylic acids is 1. The zero-order chi connectivity index (χ0) is 18.5. The van der Waals surface area contributed by atoms with Crippen LogP contribution in [-0.2, 0) is 4.79 Å². The number of thioether (sulfide) groups is 1. The third kappa shape index (κ3) is 3.84. The van der Waals surface area contributed by atoms with Gasteiger partial charge in [0, 0.05) is 5.39 Å². The summed E-state index contributed by atoms with van der Waals surface area (Å²) in [6, 6.07) is 12.6. The van der Waals surface area contributed by atoms with Crippen molar-refractivity contribution >= 4 is 44.4 Å². The number of carboxylic acid groups (broad SMARTS) is 1. The van der Waals surface area contributed by atoms with Gasteiger partial charge in [0.1, 0.15) is 4.75 Å². The van der Waals surface area contributed by atoms with E-state index in [1.165, 1.54) is 35.6 Å². The molecule has 0 bridgehead atoms. The molecule has 1 aliphatic carbocycles. The minimum Gasteiger partial charge on any atom is -1.00 e. The normalized spacial score (nSPS) is 14.2. The van der Waals surface area contributed by atoms with E-state index in [-0.39, 0.29) is 20.3 Å². The van der Waals surface area contributed by atoms with Gasteiger partial charge < -0.3 is 6.53 Å². The molecule has 1 aromatic heterocycles. The van der Waals surface area contributed by atoms with Crippen molar-refractivity contribution in [2.45, 2.75) is 42.5 Å². The Bertz CT molecular complexity index is 1020. The first-order valence-corrected chi connectivity index (χ1v) is 10.0. The van der Waals surface area contributed by atoms with E-state index in [0.29, 0.717) is 15.8 Å². The molecule has 0 unspecified atom stereocenters. The summed E-state index contributed by atoms with van der Waals surface area (Å²) in [7, 11) is 0. The molecule has 1 N–H and O–H groups in total. The summed E-state index contributed by atoms with van der Waals surface area (Å²) in [6.07, 6.45) is 2.49. The molecule has 1 fully saturated rings. The first kappa shape index (κ1) is 20.5. The second-order valence-electron chi connectivity index (χ2n) is 7.00. The van der Waals surface area contributed by atoms with Gasteiger partial charge in [-0.1, -0.05) is 42.1 Å². The molecular formula is C19H19BrLiN3O2S. The van der Waals surface area contributed by atoms with Crippen molar-refractivity contribution in [1.82, 2.24) is 14.8 Å². The fourth-order valence-electron chi connectivity index (χ4n) is 3.04. The molecule has 0 aliphatic heterocycles. The molecule has 1 heterocycles. The SMILES string of the molecule is CC(C)(Sc1nnc(Br)n1-c1ccc(C2CC2)c2ccccc12)C(=O)O.[H-].[Li+]. The number of fused-ring (bicyclic) bond motifs is 1. The van der Waals surface area contributed by atoms with Crippen LogP contribution in [0.1, 0.15) is 39.6 Å². The summed E-state index contributed by atoms with van der Waals surface area (Å²) < 4.78 is 1.44. The summed E-state index contributed by atoms with van der Waals surface area (Å²) in [5.74, 6) is -0.236. The van der Waals surface area contributed by atoms with E-state index in [1.807, 2.05) is 10.6 Å². The Morgan fingerprint density at radius 2 is 1.89 bits per heavy atom. The van der Waals surface area contributed by atoms with Crippen LogP contribution in [0.3, 0.4) is 0 Å². The second kappa shape index (κ2) is 7.63. The molecule has 0 saturated heterocycles. The van der Waals surface area contributed by atoms with Crippen molar-refractivity contribution in [1.29, 1.82) is 0 Å². The summed E-state index contributed by atoms with van der Waals surface area (Å²) in [4.78, 5) is 11.5. The molecule has 0 atom stereocenters. The quantitative estimate of drug-likeness (QED) is 0.487. The van der Waals surface area contributed by atoms with Gasteiger partial charge in [0.2, 0.25) is 4.73 Å². The van der Waals surface area contributed by atoms with E-state index >= 15 is 0 Å². The van der Waals surface area contributed by atoms with Gasteiger partial charge in [0.15, 0.2) is 5.16 Å². The number of benzene rings is 2. The summed E-state index contributed by atoms with van der Waals surface area (Å²) in [5.41, 5.74) is 2.33. The molecular weight excluding hydrogens is 421 g/mol. The zero-order valence-electron chi connectivity index (χ0n) is 16.4. The molecule has 3 aromatic rings. The maximum absolute atomic E-state index is 11.5. The van der Waals surface area contributed by atoms with Crippen LogP contribution in [0.4, 0.5) is 0 Å². The Morgan fingerprint density at radius 3 is 2.52 bits per heavy atom. The second-order valence-corrected chi connectivity index (χ2v) is 9.30. The number of aromatic nitrogens is 3. The third-order valence-electron chi connectivity index (χ3n) is 4.65. The van der Waals surface area contributed by atoms with Gasteiger partial charge in [0.05, 0.1) is 5.69 Å². The van der Waals surface area contributed by atoms with Gasteiger partial charge in [-0.15, -0.1) is 10.2 Å². The van der Waals surface area contributed by atoms with Crippen LogP contribution >= 0.6 is 27.7 Å². The van der Waals surface area contributed by atoms with Crippen molar-refractivity contribution in [3.8, 4) is 5.69 Å².